The average molecular weight is 332 g/mol. The van der Waals surface area contributed by atoms with Gasteiger partial charge < -0.3 is 5.32 Å². The van der Waals surface area contributed by atoms with Crippen molar-refractivity contribution in [1.29, 1.82) is 0 Å². The largest absolute Gasteiger partial charge is 0.356 e. The highest BCUT2D eigenvalue weighted by molar-refractivity contribution is 9.10. The van der Waals surface area contributed by atoms with Gasteiger partial charge in [-0.15, -0.1) is 0 Å². The van der Waals surface area contributed by atoms with E-state index in [4.69, 9.17) is 0 Å². The minimum absolute atomic E-state index is 0.0460. The van der Waals surface area contributed by atoms with Crippen LogP contribution in [0, 0.1) is 0 Å². The molecule has 0 aromatic heterocycles. The van der Waals surface area contributed by atoms with E-state index < -0.39 is 10.8 Å². The lowest BCUT2D eigenvalue weighted by molar-refractivity contribution is -0.121. The van der Waals surface area contributed by atoms with E-state index in [0.29, 0.717) is 25.1 Å². The van der Waals surface area contributed by atoms with Crippen LogP contribution in [0.15, 0.2) is 33.6 Å². The summed E-state index contributed by atoms with van der Waals surface area (Å²) >= 11 is 3.34. The van der Waals surface area contributed by atoms with Gasteiger partial charge in [0.1, 0.15) is 0 Å². The van der Waals surface area contributed by atoms with Crippen LogP contribution in [0.3, 0.4) is 0 Å². The Morgan fingerprint density at radius 2 is 2.00 bits per heavy atom. The van der Waals surface area contributed by atoms with Gasteiger partial charge in [-0.3, -0.25) is 9.00 Å². The summed E-state index contributed by atoms with van der Waals surface area (Å²) in [5.74, 6) is 0.575. The number of rotatable bonds is 7. The van der Waals surface area contributed by atoms with Crippen LogP contribution in [0.4, 0.5) is 0 Å². The quantitative estimate of drug-likeness (QED) is 0.835. The second kappa shape index (κ2) is 8.43. The summed E-state index contributed by atoms with van der Waals surface area (Å²) in [4.78, 5) is 12.2. The first-order chi connectivity index (χ1) is 8.63. The third kappa shape index (κ3) is 5.78. The first-order valence-electron chi connectivity index (χ1n) is 6.04. The van der Waals surface area contributed by atoms with E-state index in [1.54, 1.807) is 0 Å². The second-order valence-corrected chi connectivity index (χ2v) is 6.44. The van der Waals surface area contributed by atoms with Gasteiger partial charge in [-0.25, -0.2) is 0 Å². The summed E-state index contributed by atoms with van der Waals surface area (Å²) in [7, 11) is -1.01. The van der Waals surface area contributed by atoms with Crippen molar-refractivity contribution in [3.63, 3.8) is 0 Å². The molecule has 1 atom stereocenters. The fraction of sp³-hybridized carbons (Fsp3) is 0.462. The lowest BCUT2D eigenvalue weighted by atomic mass is 10.3. The van der Waals surface area contributed by atoms with E-state index in [1.807, 2.05) is 31.2 Å². The number of hydrogen-bond donors (Lipinski definition) is 1. The van der Waals surface area contributed by atoms with Gasteiger partial charge in [0.05, 0.1) is 10.8 Å². The van der Waals surface area contributed by atoms with E-state index in [-0.39, 0.29) is 5.91 Å². The third-order valence-corrected chi connectivity index (χ3v) is 4.37. The molecule has 5 heteroatoms. The lowest BCUT2D eigenvalue weighted by Crippen LogP contribution is -2.23. The van der Waals surface area contributed by atoms with Gasteiger partial charge in [-0.2, -0.15) is 0 Å². The highest BCUT2D eigenvalue weighted by Crippen LogP contribution is 2.14. The Kier molecular flexibility index (Phi) is 7.20. The fourth-order valence-electron chi connectivity index (χ4n) is 1.42. The Labute approximate surface area is 119 Å². The molecule has 0 radical (unpaired) electrons. The van der Waals surface area contributed by atoms with Crippen molar-refractivity contribution in [3.05, 3.63) is 28.7 Å². The second-order valence-electron chi connectivity index (χ2n) is 3.96. The van der Waals surface area contributed by atoms with Crippen LogP contribution in [0.5, 0.6) is 0 Å². The molecular formula is C13H18BrNO2S. The summed E-state index contributed by atoms with van der Waals surface area (Å²) in [6.07, 6.45) is 2.04. The van der Waals surface area contributed by atoms with Crippen LogP contribution in [-0.4, -0.2) is 22.4 Å². The standard InChI is InChI=1S/C13H18BrNO2S/c1-2-9-15-13(16)4-3-10-18(17)12-7-5-11(14)6-8-12/h5-8H,2-4,9-10H2,1H3,(H,15,16)/t18-/m0/s1. The Balaban J connectivity index is 2.29. The number of benzene rings is 1. The number of amides is 1. The smallest absolute Gasteiger partial charge is 0.220 e. The zero-order chi connectivity index (χ0) is 13.4. The first-order valence-corrected chi connectivity index (χ1v) is 8.15. The molecule has 1 amide bonds. The average Bonchev–Trinajstić information content (AvgIpc) is 2.37. The van der Waals surface area contributed by atoms with Crippen molar-refractivity contribution in [3.8, 4) is 0 Å². The Bertz CT molecular complexity index is 406. The Morgan fingerprint density at radius 3 is 2.61 bits per heavy atom. The topological polar surface area (TPSA) is 46.2 Å². The van der Waals surface area contributed by atoms with Crippen LogP contribution >= 0.6 is 15.9 Å². The SMILES string of the molecule is CCCNC(=O)CCC[S@](=O)c1ccc(Br)cc1. The van der Waals surface area contributed by atoms with Crippen LogP contribution in [0.25, 0.3) is 0 Å². The Hall–Kier alpha value is -0.680. The minimum atomic E-state index is -1.01. The number of carbonyl (C=O) groups is 1. The fourth-order valence-corrected chi connectivity index (χ4v) is 2.77. The molecule has 1 aromatic rings. The molecule has 0 aliphatic rings. The minimum Gasteiger partial charge on any atom is -0.356 e. The maximum absolute atomic E-state index is 11.9. The van der Waals surface area contributed by atoms with E-state index >= 15 is 0 Å². The summed E-state index contributed by atoms with van der Waals surface area (Å²) < 4.78 is 12.9. The number of nitrogens with one attached hydrogen (secondary N) is 1. The molecule has 0 saturated heterocycles. The molecule has 1 aromatic carbocycles. The van der Waals surface area contributed by atoms with Gasteiger partial charge in [0.15, 0.2) is 0 Å². The van der Waals surface area contributed by atoms with Crippen molar-refractivity contribution in [1.82, 2.24) is 5.32 Å². The third-order valence-electron chi connectivity index (χ3n) is 2.38. The van der Waals surface area contributed by atoms with Gasteiger partial charge >= 0.3 is 0 Å². The molecule has 0 spiro atoms. The zero-order valence-electron chi connectivity index (χ0n) is 10.4. The van der Waals surface area contributed by atoms with Gasteiger partial charge in [-0.05, 0) is 37.1 Å². The van der Waals surface area contributed by atoms with E-state index in [0.717, 1.165) is 15.8 Å². The van der Waals surface area contributed by atoms with Gasteiger partial charge in [0, 0.05) is 28.1 Å². The van der Waals surface area contributed by atoms with Gasteiger partial charge in [0.25, 0.3) is 0 Å². The number of carbonyl (C=O) groups excluding carboxylic acids is 1. The highest BCUT2D eigenvalue weighted by Gasteiger charge is 2.05. The molecular weight excluding hydrogens is 314 g/mol. The van der Waals surface area contributed by atoms with E-state index in [2.05, 4.69) is 21.2 Å². The molecule has 1 N–H and O–H groups in total. The van der Waals surface area contributed by atoms with Crippen molar-refractivity contribution in [2.45, 2.75) is 31.1 Å². The van der Waals surface area contributed by atoms with Crippen molar-refractivity contribution in [2.75, 3.05) is 12.3 Å². The van der Waals surface area contributed by atoms with Crippen LogP contribution in [-0.2, 0) is 15.6 Å². The van der Waals surface area contributed by atoms with Crippen molar-refractivity contribution in [2.24, 2.45) is 0 Å². The van der Waals surface area contributed by atoms with Crippen LogP contribution in [0.1, 0.15) is 26.2 Å². The summed E-state index contributed by atoms with van der Waals surface area (Å²) in [6, 6.07) is 7.44. The molecule has 0 unspecified atom stereocenters. The predicted molar refractivity (Wildman–Crippen MR) is 78.0 cm³/mol. The van der Waals surface area contributed by atoms with E-state index in [9.17, 15) is 9.00 Å². The molecule has 0 aliphatic heterocycles. The normalized spacial score (nSPS) is 12.1. The number of hydrogen-bond acceptors (Lipinski definition) is 2. The Morgan fingerprint density at radius 1 is 1.33 bits per heavy atom. The number of halogens is 1. The molecule has 0 heterocycles. The van der Waals surface area contributed by atoms with Crippen molar-refractivity contribution < 1.29 is 9.00 Å². The van der Waals surface area contributed by atoms with Crippen LogP contribution in [0.2, 0.25) is 0 Å². The monoisotopic (exact) mass is 331 g/mol. The lowest BCUT2D eigenvalue weighted by Gasteiger charge is -2.04. The first kappa shape index (κ1) is 15.4. The van der Waals surface area contributed by atoms with E-state index in [1.165, 1.54) is 0 Å². The van der Waals surface area contributed by atoms with Crippen LogP contribution < -0.4 is 5.32 Å². The van der Waals surface area contributed by atoms with Gasteiger partial charge in [-0.1, -0.05) is 22.9 Å². The maximum Gasteiger partial charge on any atom is 0.220 e. The molecule has 0 fully saturated rings. The van der Waals surface area contributed by atoms with Gasteiger partial charge in [0.2, 0.25) is 5.91 Å². The summed E-state index contributed by atoms with van der Waals surface area (Å²) in [6.45, 7) is 2.73. The zero-order valence-corrected chi connectivity index (χ0v) is 12.9. The molecule has 3 nitrogen and oxygen atoms in total. The van der Waals surface area contributed by atoms with Crippen molar-refractivity contribution >= 4 is 32.6 Å². The summed E-state index contributed by atoms with van der Waals surface area (Å²) in [5, 5.41) is 2.81. The molecule has 18 heavy (non-hydrogen) atoms. The molecule has 1 rings (SSSR count). The maximum atomic E-state index is 11.9. The molecule has 0 bridgehead atoms. The summed E-state index contributed by atoms with van der Waals surface area (Å²) in [5.41, 5.74) is 0. The molecule has 0 aliphatic carbocycles. The predicted octanol–water partition coefficient (Wildman–Crippen LogP) is 2.86. The highest BCUT2D eigenvalue weighted by atomic mass is 79.9. The molecule has 100 valence electrons. The molecule has 0 saturated carbocycles.